The first kappa shape index (κ1) is 12.1. The van der Waals surface area contributed by atoms with Crippen molar-refractivity contribution in [1.29, 1.82) is 0 Å². The van der Waals surface area contributed by atoms with Gasteiger partial charge in [-0.2, -0.15) is 0 Å². The summed E-state index contributed by atoms with van der Waals surface area (Å²) in [6, 6.07) is 3.71. The Morgan fingerprint density at radius 3 is 2.94 bits per heavy atom. The van der Waals surface area contributed by atoms with Gasteiger partial charge in [-0.25, -0.2) is 0 Å². The van der Waals surface area contributed by atoms with E-state index in [1.165, 1.54) is 11.3 Å². The first-order chi connectivity index (χ1) is 7.51. The van der Waals surface area contributed by atoms with Gasteiger partial charge in [-0.05, 0) is 48.3 Å². The van der Waals surface area contributed by atoms with Gasteiger partial charge in [0.15, 0.2) is 0 Å². The average molecular weight is 304 g/mol. The number of nitrogens with one attached hydrogen (secondary N) is 1. The normalized spacial score (nSPS) is 29.3. The minimum absolute atomic E-state index is 0.0180. The zero-order valence-corrected chi connectivity index (χ0v) is 11.7. The number of carbonyl (C=O) groups excluding carboxylic acids is 1. The van der Waals surface area contributed by atoms with Gasteiger partial charge in [0, 0.05) is 6.61 Å². The van der Waals surface area contributed by atoms with E-state index >= 15 is 0 Å². The molecule has 1 aliphatic rings. The molecule has 2 heterocycles. The van der Waals surface area contributed by atoms with Crippen molar-refractivity contribution in [3.8, 4) is 0 Å². The van der Waals surface area contributed by atoms with Gasteiger partial charge in [0.1, 0.15) is 0 Å². The van der Waals surface area contributed by atoms with Gasteiger partial charge >= 0.3 is 0 Å². The number of thiophene rings is 1. The molecule has 1 fully saturated rings. The number of rotatable bonds is 2. The third-order valence-corrected chi connectivity index (χ3v) is 4.70. The van der Waals surface area contributed by atoms with Crippen LogP contribution in [0.2, 0.25) is 0 Å². The molecule has 1 saturated heterocycles. The Balaban J connectivity index is 2.07. The van der Waals surface area contributed by atoms with Crippen molar-refractivity contribution >= 4 is 33.2 Å². The summed E-state index contributed by atoms with van der Waals surface area (Å²) in [5, 5.41) is 3.06. The largest absolute Gasteiger partial charge is 0.376 e. The van der Waals surface area contributed by atoms with Gasteiger partial charge in [-0.3, -0.25) is 4.79 Å². The van der Waals surface area contributed by atoms with Crippen LogP contribution in [0, 0.1) is 0 Å². The van der Waals surface area contributed by atoms with E-state index < -0.39 is 0 Å². The van der Waals surface area contributed by atoms with E-state index in [-0.39, 0.29) is 17.6 Å². The molecule has 0 aliphatic carbocycles. The standard InChI is InChI=1S/C11H14BrNO2S/c1-7-11(2,5-6-15-7)13-10(14)8-3-4-9(12)16-8/h3-4,7H,5-6H2,1-2H3,(H,13,14). The van der Waals surface area contributed by atoms with Crippen LogP contribution < -0.4 is 5.32 Å². The fraction of sp³-hybridized carbons (Fsp3) is 0.545. The van der Waals surface area contributed by atoms with Crippen LogP contribution in [0.1, 0.15) is 29.9 Å². The van der Waals surface area contributed by atoms with Crippen LogP contribution in [0.15, 0.2) is 15.9 Å². The number of ether oxygens (including phenoxy) is 1. The monoisotopic (exact) mass is 303 g/mol. The van der Waals surface area contributed by atoms with Gasteiger partial charge in [-0.15, -0.1) is 11.3 Å². The van der Waals surface area contributed by atoms with Crippen LogP contribution in [0.4, 0.5) is 0 Å². The zero-order valence-electron chi connectivity index (χ0n) is 9.25. The highest BCUT2D eigenvalue weighted by molar-refractivity contribution is 9.11. The van der Waals surface area contributed by atoms with E-state index in [1.807, 2.05) is 26.0 Å². The summed E-state index contributed by atoms with van der Waals surface area (Å²) in [5.41, 5.74) is -0.243. The molecule has 5 heteroatoms. The lowest BCUT2D eigenvalue weighted by Crippen LogP contribution is -2.50. The van der Waals surface area contributed by atoms with Gasteiger partial charge in [0.2, 0.25) is 0 Å². The Hall–Kier alpha value is -0.390. The van der Waals surface area contributed by atoms with Crippen LogP contribution in [0.5, 0.6) is 0 Å². The second-order valence-electron chi connectivity index (χ2n) is 4.24. The van der Waals surface area contributed by atoms with Crippen molar-refractivity contribution in [2.45, 2.75) is 31.9 Å². The molecule has 2 atom stereocenters. The molecule has 0 saturated carbocycles. The molecule has 0 bridgehead atoms. The SMILES string of the molecule is CC1OCCC1(C)NC(=O)c1ccc(Br)s1. The molecular weight excluding hydrogens is 290 g/mol. The predicted octanol–water partition coefficient (Wildman–Crippen LogP) is 2.81. The predicted molar refractivity (Wildman–Crippen MR) is 67.9 cm³/mol. The van der Waals surface area contributed by atoms with E-state index in [1.54, 1.807) is 0 Å². The summed E-state index contributed by atoms with van der Waals surface area (Å²) in [6.07, 6.45) is 0.937. The smallest absolute Gasteiger partial charge is 0.261 e. The molecule has 2 rings (SSSR count). The maximum Gasteiger partial charge on any atom is 0.261 e. The molecule has 0 spiro atoms. The molecule has 1 aliphatic heterocycles. The van der Waals surface area contributed by atoms with E-state index in [9.17, 15) is 4.79 Å². The van der Waals surface area contributed by atoms with E-state index in [4.69, 9.17) is 4.74 Å². The third kappa shape index (κ3) is 2.31. The molecular formula is C11H14BrNO2S. The first-order valence-corrected chi connectivity index (χ1v) is 6.82. The Bertz CT molecular complexity index is 406. The molecule has 1 aromatic rings. The Labute approximate surface area is 107 Å². The number of carbonyl (C=O) groups is 1. The van der Waals surface area contributed by atoms with Crippen LogP contribution in [0.3, 0.4) is 0 Å². The molecule has 2 unspecified atom stereocenters. The van der Waals surface area contributed by atoms with Crippen LogP contribution in [-0.2, 0) is 4.74 Å². The van der Waals surface area contributed by atoms with E-state index in [2.05, 4.69) is 21.2 Å². The summed E-state index contributed by atoms with van der Waals surface area (Å²) in [5.74, 6) is -0.0180. The van der Waals surface area contributed by atoms with Crippen molar-refractivity contribution in [3.05, 3.63) is 20.8 Å². The van der Waals surface area contributed by atoms with Crippen LogP contribution in [0.25, 0.3) is 0 Å². The minimum atomic E-state index is -0.243. The maximum absolute atomic E-state index is 12.0. The molecule has 3 nitrogen and oxygen atoms in total. The molecule has 1 aromatic heterocycles. The van der Waals surface area contributed by atoms with Crippen LogP contribution in [-0.4, -0.2) is 24.2 Å². The van der Waals surface area contributed by atoms with Gasteiger partial charge in [0.25, 0.3) is 5.91 Å². The Morgan fingerprint density at radius 2 is 2.44 bits per heavy atom. The van der Waals surface area contributed by atoms with Crippen molar-refractivity contribution in [3.63, 3.8) is 0 Å². The fourth-order valence-corrected chi connectivity index (χ4v) is 3.04. The van der Waals surface area contributed by atoms with E-state index in [0.717, 1.165) is 15.1 Å². The van der Waals surface area contributed by atoms with Crippen molar-refractivity contribution in [1.82, 2.24) is 5.32 Å². The first-order valence-electron chi connectivity index (χ1n) is 5.21. The molecule has 1 N–H and O–H groups in total. The van der Waals surface area contributed by atoms with Gasteiger partial charge in [-0.1, -0.05) is 0 Å². The fourth-order valence-electron chi connectivity index (χ4n) is 1.76. The maximum atomic E-state index is 12.0. The summed E-state index contributed by atoms with van der Waals surface area (Å²) in [6.45, 7) is 4.74. The van der Waals surface area contributed by atoms with E-state index in [0.29, 0.717) is 6.61 Å². The highest BCUT2D eigenvalue weighted by Crippen LogP contribution is 2.27. The molecule has 16 heavy (non-hydrogen) atoms. The summed E-state index contributed by atoms with van der Waals surface area (Å²) < 4.78 is 6.46. The zero-order chi connectivity index (χ0) is 11.8. The quantitative estimate of drug-likeness (QED) is 0.912. The summed E-state index contributed by atoms with van der Waals surface area (Å²) >= 11 is 4.80. The second kappa shape index (κ2) is 4.47. The Kier molecular flexibility index (Phi) is 3.37. The van der Waals surface area contributed by atoms with Crippen molar-refractivity contribution < 1.29 is 9.53 Å². The summed E-state index contributed by atoms with van der Waals surface area (Å²) in [7, 11) is 0. The van der Waals surface area contributed by atoms with Crippen molar-refractivity contribution in [2.24, 2.45) is 0 Å². The average Bonchev–Trinajstić information content (AvgIpc) is 2.76. The number of hydrogen-bond acceptors (Lipinski definition) is 3. The third-order valence-electron chi connectivity index (χ3n) is 3.08. The lowest BCUT2D eigenvalue weighted by molar-refractivity contribution is 0.0730. The minimum Gasteiger partial charge on any atom is -0.376 e. The lowest BCUT2D eigenvalue weighted by atomic mass is 9.94. The summed E-state index contributed by atoms with van der Waals surface area (Å²) in [4.78, 5) is 12.7. The second-order valence-corrected chi connectivity index (χ2v) is 6.70. The molecule has 1 amide bonds. The number of hydrogen-bond donors (Lipinski definition) is 1. The van der Waals surface area contributed by atoms with Gasteiger partial charge in [0.05, 0.1) is 20.3 Å². The molecule has 0 aromatic carbocycles. The number of amides is 1. The topological polar surface area (TPSA) is 38.3 Å². The van der Waals surface area contributed by atoms with Crippen LogP contribution >= 0.6 is 27.3 Å². The highest BCUT2D eigenvalue weighted by Gasteiger charge is 2.38. The highest BCUT2D eigenvalue weighted by atomic mass is 79.9. The Morgan fingerprint density at radius 1 is 1.69 bits per heavy atom. The lowest BCUT2D eigenvalue weighted by Gasteiger charge is -2.28. The van der Waals surface area contributed by atoms with Gasteiger partial charge < -0.3 is 10.1 Å². The van der Waals surface area contributed by atoms with Crippen molar-refractivity contribution in [2.75, 3.05) is 6.61 Å². The molecule has 0 radical (unpaired) electrons. The molecule has 88 valence electrons. The number of halogens is 1.